The molecule has 3 N–H and O–H groups in total. The lowest BCUT2D eigenvalue weighted by Crippen LogP contribution is -2.26. The van der Waals surface area contributed by atoms with E-state index in [0.717, 1.165) is 11.3 Å². The second-order valence-electron chi connectivity index (χ2n) is 4.44. The number of hydrogen-bond acceptors (Lipinski definition) is 4. The number of pyridine rings is 1. The van der Waals surface area contributed by atoms with Crippen molar-refractivity contribution in [2.75, 3.05) is 6.54 Å². The number of hydrogen-bond donors (Lipinski definition) is 2. The van der Waals surface area contributed by atoms with E-state index in [1.807, 2.05) is 18.2 Å². The molecule has 0 spiro atoms. The van der Waals surface area contributed by atoms with Crippen LogP contribution < -0.4 is 10.5 Å². The average molecular weight is 370 g/mol. The third-order valence-electron chi connectivity index (χ3n) is 2.92. The summed E-state index contributed by atoms with van der Waals surface area (Å²) < 4.78 is 27.6. The number of sulfonamides is 1. The summed E-state index contributed by atoms with van der Waals surface area (Å²) in [6.45, 7) is 0.663. The second kappa shape index (κ2) is 7.13. The lowest BCUT2D eigenvalue weighted by Gasteiger charge is -2.09. The van der Waals surface area contributed by atoms with Crippen LogP contribution in [0.3, 0.4) is 0 Å². The van der Waals surface area contributed by atoms with Crippen LogP contribution in [-0.2, 0) is 23.0 Å². The fourth-order valence-corrected chi connectivity index (χ4v) is 3.98. The fourth-order valence-electron chi connectivity index (χ4n) is 1.83. The van der Waals surface area contributed by atoms with Crippen LogP contribution in [0.15, 0.2) is 52.0 Å². The zero-order valence-electron chi connectivity index (χ0n) is 11.3. The molecule has 0 unspecified atom stereocenters. The number of nitrogens with zero attached hydrogens (tertiary/aromatic N) is 1. The normalized spacial score (nSPS) is 11.5. The van der Waals surface area contributed by atoms with Gasteiger partial charge in [-0.3, -0.25) is 4.98 Å². The monoisotopic (exact) mass is 369 g/mol. The molecule has 0 fully saturated rings. The molecule has 1 aromatic carbocycles. The first-order valence-electron chi connectivity index (χ1n) is 6.41. The highest BCUT2D eigenvalue weighted by Gasteiger charge is 2.17. The van der Waals surface area contributed by atoms with Gasteiger partial charge in [-0.2, -0.15) is 0 Å². The molecular formula is C14H16BrN3O2S. The lowest BCUT2D eigenvalue weighted by atomic mass is 10.2. The summed E-state index contributed by atoms with van der Waals surface area (Å²) in [4.78, 5) is 4.36. The van der Waals surface area contributed by atoms with Crippen molar-refractivity contribution in [2.45, 2.75) is 17.9 Å². The van der Waals surface area contributed by atoms with E-state index < -0.39 is 10.0 Å². The number of benzene rings is 1. The molecule has 112 valence electrons. The molecule has 0 atom stereocenters. The topological polar surface area (TPSA) is 85.1 Å². The van der Waals surface area contributed by atoms with Crippen molar-refractivity contribution in [3.8, 4) is 0 Å². The highest BCUT2D eigenvalue weighted by molar-refractivity contribution is 9.10. The number of nitrogens with one attached hydrogen (secondary N) is 1. The van der Waals surface area contributed by atoms with Gasteiger partial charge in [0.1, 0.15) is 0 Å². The number of aromatic nitrogens is 1. The smallest absolute Gasteiger partial charge is 0.241 e. The van der Waals surface area contributed by atoms with Gasteiger partial charge in [0.25, 0.3) is 0 Å². The van der Waals surface area contributed by atoms with Crippen molar-refractivity contribution in [3.63, 3.8) is 0 Å². The molecule has 1 aromatic heterocycles. The van der Waals surface area contributed by atoms with Crippen molar-refractivity contribution in [1.82, 2.24) is 9.71 Å². The molecule has 2 rings (SSSR count). The molecule has 0 aliphatic carbocycles. The van der Waals surface area contributed by atoms with Gasteiger partial charge >= 0.3 is 0 Å². The molecule has 21 heavy (non-hydrogen) atoms. The van der Waals surface area contributed by atoms with Crippen LogP contribution in [0.4, 0.5) is 0 Å². The number of nitrogens with two attached hydrogens (primary N) is 1. The van der Waals surface area contributed by atoms with Gasteiger partial charge < -0.3 is 5.73 Å². The zero-order chi connectivity index (χ0) is 15.3. The van der Waals surface area contributed by atoms with E-state index >= 15 is 0 Å². The largest absolute Gasteiger partial charge is 0.326 e. The maximum Gasteiger partial charge on any atom is 0.241 e. The summed E-state index contributed by atoms with van der Waals surface area (Å²) in [6, 6.07) is 10.5. The molecule has 1 heterocycles. The molecule has 0 amide bonds. The first-order valence-corrected chi connectivity index (χ1v) is 8.68. The van der Waals surface area contributed by atoms with Crippen LogP contribution in [0.2, 0.25) is 0 Å². The molecule has 2 aromatic rings. The quantitative estimate of drug-likeness (QED) is 0.813. The SMILES string of the molecule is NCc1ccc(S(=O)(=O)NCCc2ccccn2)c(Br)c1. The highest BCUT2D eigenvalue weighted by atomic mass is 79.9. The van der Waals surface area contributed by atoms with E-state index in [0.29, 0.717) is 24.0 Å². The average Bonchev–Trinajstić information content (AvgIpc) is 2.47. The molecular weight excluding hydrogens is 354 g/mol. The summed E-state index contributed by atoms with van der Waals surface area (Å²) in [5.41, 5.74) is 7.24. The maximum absolute atomic E-state index is 12.3. The van der Waals surface area contributed by atoms with E-state index in [9.17, 15) is 8.42 Å². The van der Waals surface area contributed by atoms with Crippen LogP contribution in [0.25, 0.3) is 0 Å². The van der Waals surface area contributed by atoms with E-state index in [4.69, 9.17) is 5.73 Å². The first-order chi connectivity index (χ1) is 10.0. The van der Waals surface area contributed by atoms with Crippen molar-refractivity contribution in [3.05, 3.63) is 58.3 Å². The molecule has 0 radical (unpaired) electrons. The van der Waals surface area contributed by atoms with Gasteiger partial charge in [0.15, 0.2) is 0 Å². The Kier molecular flexibility index (Phi) is 5.46. The minimum Gasteiger partial charge on any atom is -0.326 e. The maximum atomic E-state index is 12.3. The van der Waals surface area contributed by atoms with E-state index in [1.54, 1.807) is 24.4 Å². The van der Waals surface area contributed by atoms with Gasteiger partial charge in [-0.05, 0) is 45.8 Å². The van der Waals surface area contributed by atoms with Crippen molar-refractivity contribution in [2.24, 2.45) is 5.73 Å². The van der Waals surface area contributed by atoms with Gasteiger partial charge in [-0.1, -0.05) is 12.1 Å². The summed E-state index contributed by atoms with van der Waals surface area (Å²) in [5.74, 6) is 0. The molecule has 0 aliphatic rings. The van der Waals surface area contributed by atoms with Crippen LogP contribution in [0.1, 0.15) is 11.3 Å². The van der Waals surface area contributed by atoms with Gasteiger partial charge in [-0.15, -0.1) is 0 Å². The second-order valence-corrected chi connectivity index (χ2v) is 7.03. The van der Waals surface area contributed by atoms with Gasteiger partial charge in [0, 0.05) is 35.9 Å². The van der Waals surface area contributed by atoms with E-state index in [1.165, 1.54) is 0 Å². The Morgan fingerprint density at radius 1 is 1.24 bits per heavy atom. The standard InChI is InChI=1S/C14H16BrN3O2S/c15-13-9-11(10-16)4-5-14(13)21(19,20)18-8-6-12-3-1-2-7-17-12/h1-5,7,9,18H,6,8,10,16H2. The van der Waals surface area contributed by atoms with Crippen molar-refractivity contribution in [1.29, 1.82) is 0 Å². The van der Waals surface area contributed by atoms with Crippen LogP contribution >= 0.6 is 15.9 Å². The third-order valence-corrected chi connectivity index (χ3v) is 5.36. The van der Waals surface area contributed by atoms with E-state index in [2.05, 4.69) is 25.6 Å². The summed E-state index contributed by atoms with van der Waals surface area (Å²) in [6.07, 6.45) is 2.23. The predicted molar refractivity (Wildman–Crippen MR) is 85.2 cm³/mol. The summed E-state index contributed by atoms with van der Waals surface area (Å²) in [7, 11) is -3.55. The fraction of sp³-hybridized carbons (Fsp3) is 0.214. The molecule has 5 nitrogen and oxygen atoms in total. The van der Waals surface area contributed by atoms with Crippen LogP contribution in [0, 0.1) is 0 Å². The molecule has 7 heteroatoms. The molecule has 0 aliphatic heterocycles. The Morgan fingerprint density at radius 3 is 2.67 bits per heavy atom. The highest BCUT2D eigenvalue weighted by Crippen LogP contribution is 2.23. The summed E-state index contributed by atoms with van der Waals surface area (Å²) in [5, 5.41) is 0. The Labute approximate surface area is 132 Å². The van der Waals surface area contributed by atoms with E-state index in [-0.39, 0.29) is 4.90 Å². The van der Waals surface area contributed by atoms with Crippen LogP contribution in [0.5, 0.6) is 0 Å². The van der Waals surface area contributed by atoms with Crippen molar-refractivity contribution >= 4 is 26.0 Å². The molecule has 0 saturated heterocycles. The zero-order valence-corrected chi connectivity index (χ0v) is 13.7. The Balaban J connectivity index is 2.05. The minimum atomic E-state index is -3.55. The number of halogens is 1. The first kappa shape index (κ1) is 16.1. The third kappa shape index (κ3) is 4.34. The Morgan fingerprint density at radius 2 is 2.05 bits per heavy atom. The van der Waals surface area contributed by atoms with Gasteiger partial charge in [0.05, 0.1) is 4.90 Å². The van der Waals surface area contributed by atoms with Crippen molar-refractivity contribution < 1.29 is 8.42 Å². The van der Waals surface area contributed by atoms with Gasteiger partial charge in [0.2, 0.25) is 10.0 Å². The molecule has 0 bridgehead atoms. The predicted octanol–water partition coefficient (Wildman–Crippen LogP) is 1.82. The Hall–Kier alpha value is -1.28. The summed E-state index contributed by atoms with van der Waals surface area (Å²) >= 11 is 3.27. The lowest BCUT2D eigenvalue weighted by molar-refractivity contribution is 0.580. The molecule has 0 saturated carbocycles. The van der Waals surface area contributed by atoms with Crippen LogP contribution in [-0.4, -0.2) is 19.9 Å². The Bertz CT molecular complexity index is 705. The minimum absolute atomic E-state index is 0.209. The number of rotatable bonds is 6. The van der Waals surface area contributed by atoms with Gasteiger partial charge in [-0.25, -0.2) is 13.1 Å².